The Kier molecular flexibility index (Phi) is 4.77. The van der Waals surface area contributed by atoms with E-state index in [1.54, 1.807) is 24.5 Å². The Balaban J connectivity index is 1.97. The molecule has 1 atom stereocenters. The topological polar surface area (TPSA) is 51.5 Å². The van der Waals surface area contributed by atoms with Gasteiger partial charge in [0, 0.05) is 6.08 Å². The standard InChI is InChI=1S/C16H16FNO3/c1-11(14-4-3-9-21-14)18-16(19)8-6-12-5-7-15(20-2)13(17)10-12/h3-11H,1-2H3,(H,18,19)/b8-6+/t11-/m0/s1. The van der Waals surface area contributed by atoms with Crippen LogP contribution in [0.1, 0.15) is 24.3 Å². The van der Waals surface area contributed by atoms with Crippen molar-refractivity contribution in [2.24, 2.45) is 0 Å². The maximum atomic E-state index is 13.5. The van der Waals surface area contributed by atoms with Crippen molar-refractivity contribution in [2.75, 3.05) is 7.11 Å². The zero-order chi connectivity index (χ0) is 15.2. The second-order valence-electron chi connectivity index (χ2n) is 4.47. The Morgan fingerprint density at radius 1 is 1.43 bits per heavy atom. The zero-order valence-electron chi connectivity index (χ0n) is 11.8. The van der Waals surface area contributed by atoms with Crippen LogP contribution in [-0.4, -0.2) is 13.0 Å². The lowest BCUT2D eigenvalue weighted by molar-refractivity contribution is -0.117. The first-order chi connectivity index (χ1) is 10.1. The van der Waals surface area contributed by atoms with E-state index in [4.69, 9.17) is 9.15 Å². The number of carbonyl (C=O) groups excluding carboxylic acids is 1. The number of rotatable bonds is 5. The summed E-state index contributed by atoms with van der Waals surface area (Å²) >= 11 is 0. The van der Waals surface area contributed by atoms with Crippen LogP contribution in [0.5, 0.6) is 5.75 Å². The number of halogens is 1. The average Bonchev–Trinajstić information content (AvgIpc) is 2.99. The number of ether oxygens (including phenoxy) is 1. The Morgan fingerprint density at radius 3 is 2.86 bits per heavy atom. The van der Waals surface area contributed by atoms with Crippen LogP contribution in [0.15, 0.2) is 47.1 Å². The third kappa shape index (κ3) is 3.95. The minimum absolute atomic E-state index is 0.169. The van der Waals surface area contributed by atoms with E-state index in [0.29, 0.717) is 11.3 Å². The summed E-state index contributed by atoms with van der Waals surface area (Å²) in [5, 5.41) is 2.75. The number of benzene rings is 1. The van der Waals surface area contributed by atoms with Crippen molar-refractivity contribution >= 4 is 12.0 Å². The van der Waals surface area contributed by atoms with Gasteiger partial charge in [-0.2, -0.15) is 0 Å². The minimum atomic E-state index is -0.469. The lowest BCUT2D eigenvalue weighted by Gasteiger charge is -2.09. The fourth-order valence-electron chi connectivity index (χ4n) is 1.83. The van der Waals surface area contributed by atoms with Crippen molar-refractivity contribution in [3.05, 3.63) is 59.8 Å². The van der Waals surface area contributed by atoms with Gasteiger partial charge in [0.2, 0.25) is 5.91 Å². The molecule has 1 amide bonds. The van der Waals surface area contributed by atoms with Crippen LogP contribution in [0.25, 0.3) is 6.08 Å². The predicted octanol–water partition coefficient (Wildman–Crippen LogP) is 3.32. The zero-order valence-corrected chi connectivity index (χ0v) is 11.8. The SMILES string of the molecule is COc1ccc(/C=C/C(=O)N[C@@H](C)c2ccco2)cc1F. The highest BCUT2D eigenvalue weighted by atomic mass is 19.1. The van der Waals surface area contributed by atoms with Crippen molar-refractivity contribution < 1.29 is 18.3 Å². The number of methoxy groups -OCH3 is 1. The van der Waals surface area contributed by atoms with E-state index in [9.17, 15) is 9.18 Å². The summed E-state index contributed by atoms with van der Waals surface area (Å²) in [7, 11) is 1.40. The van der Waals surface area contributed by atoms with Crippen molar-refractivity contribution in [3.63, 3.8) is 0 Å². The molecule has 5 heteroatoms. The maximum absolute atomic E-state index is 13.5. The van der Waals surface area contributed by atoms with Crippen molar-refractivity contribution in [1.29, 1.82) is 0 Å². The van der Waals surface area contributed by atoms with Crippen LogP contribution < -0.4 is 10.1 Å². The van der Waals surface area contributed by atoms with E-state index in [1.807, 2.05) is 6.92 Å². The van der Waals surface area contributed by atoms with Gasteiger partial charge in [0.15, 0.2) is 11.6 Å². The Labute approximate surface area is 122 Å². The van der Waals surface area contributed by atoms with Gasteiger partial charge >= 0.3 is 0 Å². The van der Waals surface area contributed by atoms with Crippen LogP contribution in [0, 0.1) is 5.82 Å². The molecule has 0 aliphatic carbocycles. The molecule has 0 unspecified atom stereocenters. The van der Waals surface area contributed by atoms with Gasteiger partial charge in [0.1, 0.15) is 5.76 Å². The third-order valence-corrected chi connectivity index (χ3v) is 2.93. The highest BCUT2D eigenvalue weighted by molar-refractivity contribution is 5.91. The molecular formula is C16H16FNO3. The molecule has 0 bridgehead atoms. The van der Waals surface area contributed by atoms with Gasteiger partial charge in [-0.25, -0.2) is 4.39 Å². The van der Waals surface area contributed by atoms with Gasteiger partial charge in [0.05, 0.1) is 19.4 Å². The molecule has 0 saturated heterocycles. The number of amides is 1. The molecule has 0 fully saturated rings. The molecule has 1 aromatic carbocycles. The monoisotopic (exact) mass is 289 g/mol. The summed E-state index contributed by atoms with van der Waals surface area (Å²) < 4.78 is 23.5. The van der Waals surface area contributed by atoms with E-state index in [2.05, 4.69) is 5.32 Å². The second kappa shape index (κ2) is 6.74. The molecule has 0 aliphatic heterocycles. The first-order valence-corrected chi connectivity index (χ1v) is 6.45. The van der Waals surface area contributed by atoms with E-state index in [-0.39, 0.29) is 17.7 Å². The third-order valence-electron chi connectivity index (χ3n) is 2.93. The molecular weight excluding hydrogens is 273 g/mol. The number of carbonyl (C=O) groups is 1. The summed E-state index contributed by atoms with van der Waals surface area (Å²) in [6.45, 7) is 1.82. The number of furan rings is 1. The lowest BCUT2D eigenvalue weighted by Crippen LogP contribution is -2.24. The van der Waals surface area contributed by atoms with Gasteiger partial charge in [-0.05, 0) is 42.8 Å². The smallest absolute Gasteiger partial charge is 0.244 e. The molecule has 0 saturated carbocycles. The van der Waals surface area contributed by atoms with E-state index in [1.165, 1.54) is 31.4 Å². The van der Waals surface area contributed by atoms with Gasteiger partial charge in [-0.15, -0.1) is 0 Å². The Bertz CT molecular complexity index is 635. The molecule has 1 N–H and O–H groups in total. The summed E-state index contributed by atoms with van der Waals surface area (Å²) in [6, 6.07) is 7.80. The minimum Gasteiger partial charge on any atom is -0.494 e. The largest absolute Gasteiger partial charge is 0.494 e. The van der Waals surface area contributed by atoms with Crippen LogP contribution in [-0.2, 0) is 4.79 Å². The molecule has 0 aliphatic rings. The molecule has 2 aromatic rings. The van der Waals surface area contributed by atoms with Gasteiger partial charge in [0.25, 0.3) is 0 Å². The van der Waals surface area contributed by atoms with Crippen LogP contribution >= 0.6 is 0 Å². The highest BCUT2D eigenvalue weighted by Crippen LogP contribution is 2.18. The molecule has 0 spiro atoms. The summed E-state index contributed by atoms with van der Waals surface area (Å²) in [4.78, 5) is 11.8. The van der Waals surface area contributed by atoms with Gasteiger partial charge < -0.3 is 14.5 Å². The quantitative estimate of drug-likeness (QED) is 0.859. The first-order valence-electron chi connectivity index (χ1n) is 6.45. The average molecular weight is 289 g/mol. The Hall–Kier alpha value is -2.56. The number of hydrogen-bond donors (Lipinski definition) is 1. The molecule has 0 radical (unpaired) electrons. The fourth-order valence-corrected chi connectivity index (χ4v) is 1.83. The van der Waals surface area contributed by atoms with Gasteiger partial charge in [-0.1, -0.05) is 6.07 Å². The van der Waals surface area contributed by atoms with Gasteiger partial charge in [-0.3, -0.25) is 4.79 Å². The first kappa shape index (κ1) is 14.8. The van der Waals surface area contributed by atoms with E-state index in [0.717, 1.165) is 0 Å². The maximum Gasteiger partial charge on any atom is 0.244 e. The van der Waals surface area contributed by atoms with E-state index >= 15 is 0 Å². The normalized spacial score (nSPS) is 12.3. The van der Waals surface area contributed by atoms with Crippen LogP contribution in [0.3, 0.4) is 0 Å². The van der Waals surface area contributed by atoms with Crippen molar-refractivity contribution in [2.45, 2.75) is 13.0 Å². The van der Waals surface area contributed by atoms with E-state index < -0.39 is 5.82 Å². The number of hydrogen-bond acceptors (Lipinski definition) is 3. The highest BCUT2D eigenvalue weighted by Gasteiger charge is 2.09. The molecule has 4 nitrogen and oxygen atoms in total. The molecule has 1 heterocycles. The summed E-state index contributed by atoms with van der Waals surface area (Å²) in [6.07, 6.45) is 4.43. The van der Waals surface area contributed by atoms with Crippen molar-refractivity contribution in [3.8, 4) is 5.75 Å². The lowest BCUT2D eigenvalue weighted by atomic mass is 10.2. The van der Waals surface area contributed by atoms with Crippen LogP contribution in [0.4, 0.5) is 4.39 Å². The molecule has 110 valence electrons. The summed E-state index contributed by atoms with van der Waals surface area (Å²) in [5.74, 6) is 0.0921. The molecule has 2 rings (SSSR count). The Morgan fingerprint density at radius 2 is 2.24 bits per heavy atom. The predicted molar refractivity (Wildman–Crippen MR) is 77.3 cm³/mol. The molecule has 1 aromatic heterocycles. The summed E-state index contributed by atoms with van der Waals surface area (Å²) in [5.41, 5.74) is 0.578. The second-order valence-corrected chi connectivity index (χ2v) is 4.47. The fraction of sp³-hybridized carbons (Fsp3) is 0.188. The van der Waals surface area contributed by atoms with Crippen molar-refractivity contribution in [1.82, 2.24) is 5.32 Å². The van der Waals surface area contributed by atoms with Crippen LogP contribution in [0.2, 0.25) is 0 Å². The number of nitrogens with one attached hydrogen (secondary N) is 1. The molecule has 21 heavy (non-hydrogen) atoms.